The fourth-order valence-corrected chi connectivity index (χ4v) is 2.08. The lowest BCUT2D eigenvalue weighted by Crippen LogP contribution is -1.97. The first-order valence-corrected chi connectivity index (χ1v) is 5.64. The van der Waals surface area contributed by atoms with Crippen LogP contribution in [-0.2, 0) is 0 Å². The Morgan fingerprint density at radius 2 is 2.14 bits per heavy atom. The molecule has 0 radical (unpaired) electrons. The van der Waals surface area contributed by atoms with E-state index in [0.29, 0.717) is 15.8 Å². The minimum atomic E-state index is -0.210. The summed E-state index contributed by atoms with van der Waals surface area (Å²) < 4.78 is 13.4. The van der Waals surface area contributed by atoms with Gasteiger partial charge in [-0.25, -0.2) is 4.39 Å². The lowest BCUT2D eigenvalue weighted by Gasteiger charge is -2.10. The predicted octanol–water partition coefficient (Wildman–Crippen LogP) is 3.61. The van der Waals surface area contributed by atoms with Crippen molar-refractivity contribution in [1.82, 2.24) is 0 Å². The molecule has 0 amide bonds. The van der Waals surface area contributed by atoms with E-state index in [2.05, 4.69) is 13.8 Å². The summed E-state index contributed by atoms with van der Waals surface area (Å²) in [5.74, 6) is -0.210. The molecule has 0 fully saturated rings. The van der Waals surface area contributed by atoms with Crippen molar-refractivity contribution < 1.29 is 4.39 Å². The van der Waals surface area contributed by atoms with Crippen molar-refractivity contribution in [3.63, 3.8) is 0 Å². The maximum Gasteiger partial charge on any atom is 0.138 e. The van der Waals surface area contributed by atoms with E-state index in [9.17, 15) is 4.39 Å². The van der Waals surface area contributed by atoms with Crippen molar-refractivity contribution >= 4 is 17.4 Å². The van der Waals surface area contributed by atoms with Gasteiger partial charge in [0.15, 0.2) is 0 Å². The molecule has 2 N–H and O–H groups in total. The molecule has 1 nitrogen and oxygen atoms in total. The fraction of sp³-hybridized carbons (Fsp3) is 0.455. The SMILES string of the molecule is CCC(C)Sc1cc(C)c(N)cc1F. The smallest absolute Gasteiger partial charge is 0.138 e. The summed E-state index contributed by atoms with van der Waals surface area (Å²) in [4.78, 5) is 0.700. The molecule has 1 aromatic rings. The summed E-state index contributed by atoms with van der Waals surface area (Å²) >= 11 is 1.56. The lowest BCUT2D eigenvalue weighted by atomic mass is 10.2. The van der Waals surface area contributed by atoms with Gasteiger partial charge in [-0.15, -0.1) is 11.8 Å². The second kappa shape index (κ2) is 4.69. The van der Waals surface area contributed by atoms with Crippen LogP contribution >= 0.6 is 11.8 Å². The number of anilines is 1. The lowest BCUT2D eigenvalue weighted by molar-refractivity contribution is 0.601. The molecule has 78 valence electrons. The number of nitrogens with two attached hydrogens (primary N) is 1. The van der Waals surface area contributed by atoms with E-state index in [1.54, 1.807) is 11.8 Å². The van der Waals surface area contributed by atoms with E-state index in [1.165, 1.54) is 6.07 Å². The highest BCUT2D eigenvalue weighted by atomic mass is 32.2. The first-order valence-electron chi connectivity index (χ1n) is 4.76. The number of hydrogen-bond donors (Lipinski definition) is 1. The Bertz CT molecular complexity index is 325. The normalized spacial score (nSPS) is 12.9. The zero-order valence-electron chi connectivity index (χ0n) is 8.80. The van der Waals surface area contributed by atoms with Crippen LogP contribution in [0.15, 0.2) is 17.0 Å². The van der Waals surface area contributed by atoms with Gasteiger partial charge in [0.05, 0.1) is 0 Å². The van der Waals surface area contributed by atoms with Crippen molar-refractivity contribution in [2.75, 3.05) is 5.73 Å². The maximum atomic E-state index is 13.4. The second-order valence-electron chi connectivity index (χ2n) is 3.48. The van der Waals surface area contributed by atoms with E-state index in [1.807, 2.05) is 13.0 Å². The molecule has 1 aromatic carbocycles. The summed E-state index contributed by atoms with van der Waals surface area (Å²) in [5.41, 5.74) is 7.07. The van der Waals surface area contributed by atoms with E-state index in [0.717, 1.165) is 12.0 Å². The highest BCUT2D eigenvalue weighted by Gasteiger charge is 2.09. The maximum absolute atomic E-state index is 13.4. The van der Waals surface area contributed by atoms with Gasteiger partial charge in [0.25, 0.3) is 0 Å². The zero-order chi connectivity index (χ0) is 10.7. The van der Waals surface area contributed by atoms with Gasteiger partial charge in [-0.2, -0.15) is 0 Å². The molecular weight excluding hydrogens is 197 g/mol. The predicted molar refractivity (Wildman–Crippen MR) is 61.2 cm³/mol. The number of aryl methyl sites for hydroxylation is 1. The molecule has 0 heterocycles. The number of rotatable bonds is 3. The second-order valence-corrected chi connectivity index (χ2v) is 4.96. The van der Waals surface area contributed by atoms with Crippen molar-refractivity contribution in [3.05, 3.63) is 23.5 Å². The summed E-state index contributed by atoms with van der Waals surface area (Å²) in [6.45, 7) is 6.09. The summed E-state index contributed by atoms with van der Waals surface area (Å²) in [6, 6.07) is 3.22. The molecule has 0 saturated carbocycles. The van der Waals surface area contributed by atoms with Gasteiger partial charge in [-0.1, -0.05) is 13.8 Å². The first kappa shape index (κ1) is 11.4. The minimum absolute atomic E-state index is 0.210. The Kier molecular flexibility index (Phi) is 3.81. The topological polar surface area (TPSA) is 26.0 Å². The van der Waals surface area contributed by atoms with Gasteiger partial charge in [-0.05, 0) is 31.0 Å². The van der Waals surface area contributed by atoms with Crippen molar-refractivity contribution in [1.29, 1.82) is 0 Å². The molecule has 0 aliphatic carbocycles. The van der Waals surface area contributed by atoms with Gasteiger partial charge in [0.2, 0.25) is 0 Å². The van der Waals surface area contributed by atoms with Crippen molar-refractivity contribution in [3.8, 4) is 0 Å². The highest BCUT2D eigenvalue weighted by molar-refractivity contribution is 8.00. The Morgan fingerprint density at radius 3 is 2.71 bits per heavy atom. The zero-order valence-corrected chi connectivity index (χ0v) is 9.62. The number of halogens is 1. The van der Waals surface area contributed by atoms with Crippen LogP contribution in [-0.4, -0.2) is 5.25 Å². The van der Waals surface area contributed by atoms with Crippen LogP contribution in [0.2, 0.25) is 0 Å². The molecule has 0 aliphatic rings. The monoisotopic (exact) mass is 213 g/mol. The molecule has 0 saturated heterocycles. The average molecular weight is 213 g/mol. The van der Waals surface area contributed by atoms with Gasteiger partial charge in [0, 0.05) is 15.8 Å². The Morgan fingerprint density at radius 1 is 1.50 bits per heavy atom. The third-order valence-corrected chi connectivity index (χ3v) is 3.53. The molecule has 0 bridgehead atoms. The standard InChI is InChI=1S/C11H16FNS/c1-4-8(3)14-11-5-7(2)10(13)6-9(11)12/h5-6,8H,4,13H2,1-3H3. The highest BCUT2D eigenvalue weighted by Crippen LogP contribution is 2.30. The first-order chi connectivity index (χ1) is 6.54. The molecule has 1 rings (SSSR count). The van der Waals surface area contributed by atoms with Crippen LogP contribution in [0.25, 0.3) is 0 Å². The Hall–Kier alpha value is -0.700. The number of nitrogen functional groups attached to an aromatic ring is 1. The van der Waals surface area contributed by atoms with Crippen LogP contribution < -0.4 is 5.73 Å². The minimum Gasteiger partial charge on any atom is -0.398 e. The van der Waals surface area contributed by atoms with Crippen LogP contribution in [0.1, 0.15) is 25.8 Å². The number of hydrogen-bond acceptors (Lipinski definition) is 2. The van der Waals surface area contributed by atoms with Crippen LogP contribution in [0.4, 0.5) is 10.1 Å². The number of thioether (sulfide) groups is 1. The molecule has 0 aliphatic heterocycles. The van der Waals surface area contributed by atoms with Gasteiger partial charge >= 0.3 is 0 Å². The van der Waals surface area contributed by atoms with Gasteiger partial charge in [-0.3, -0.25) is 0 Å². The molecule has 3 heteroatoms. The molecule has 0 spiro atoms. The van der Waals surface area contributed by atoms with Crippen molar-refractivity contribution in [2.45, 2.75) is 37.3 Å². The van der Waals surface area contributed by atoms with Crippen LogP contribution in [0.5, 0.6) is 0 Å². The third-order valence-electron chi connectivity index (χ3n) is 2.22. The van der Waals surface area contributed by atoms with E-state index in [-0.39, 0.29) is 5.82 Å². The average Bonchev–Trinajstić information content (AvgIpc) is 2.14. The van der Waals surface area contributed by atoms with E-state index < -0.39 is 0 Å². The molecular formula is C11H16FNS. The molecule has 14 heavy (non-hydrogen) atoms. The summed E-state index contributed by atoms with van der Waals surface area (Å²) in [5, 5.41) is 0.438. The fourth-order valence-electron chi connectivity index (χ4n) is 1.06. The molecule has 1 atom stereocenters. The van der Waals surface area contributed by atoms with E-state index >= 15 is 0 Å². The van der Waals surface area contributed by atoms with Gasteiger partial charge in [0.1, 0.15) is 5.82 Å². The molecule has 0 aromatic heterocycles. The third kappa shape index (κ3) is 2.64. The number of benzene rings is 1. The van der Waals surface area contributed by atoms with Crippen LogP contribution in [0.3, 0.4) is 0 Å². The molecule has 1 unspecified atom stereocenters. The van der Waals surface area contributed by atoms with Crippen LogP contribution in [0, 0.1) is 12.7 Å². The largest absolute Gasteiger partial charge is 0.398 e. The Balaban J connectivity index is 2.92. The quantitative estimate of drug-likeness (QED) is 0.613. The Labute approximate surface area is 88.9 Å². The van der Waals surface area contributed by atoms with Gasteiger partial charge < -0.3 is 5.73 Å². The van der Waals surface area contributed by atoms with Crippen molar-refractivity contribution in [2.24, 2.45) is 0 Å². The summed E-state index contributed by atoms with van der Waals surface area (Å²) in [6.07, 6.45) is 1.04. The van der Waals surface area contributed by atoms with E-state index in [4.69, 9.17) is 5.73 Å². The summed E-state index contributed by atoms with van der Waals surface area (Å²) in [7, 11) is 0.